The second-order valence-corrected chi connectivity index (χ2v) is 6.43. The summed E-state index contributed by atoms with van der Waals surface area (Å²) in [6.07, 6.45) is 1.57. The fraction of sp³-hybridized carbons (Fsp3) is 0.238. The second kappa shape index (κ2) is 8.47. The number of esters is 1. The van der Waals surface area contributed by atoms with Crippen molar-refractivity contribution in [1.29, 1.82) is 0 Å². The van der Waals surface area contributed by atoms with E-state index in [2.05, 4.69) is 15.0 Å². The fourth-order valence-corrected chi connectivity index (χ4v) is 2.87. The summed E-state index contributed by atoms with van der Waals surface area (Å²) in [6.45, 7) is 2.38. The Balaban J connectivity index is 1.90. The van der Waals surface area contributed by atoms with Gasteiger partial charge in [0.05, 0.1) is 13.5 Å². The summed E-state index contributed by atoms with van der Waals surface area (Å²) >= 11 is 0. The van der Waals surface area contributed by atoms with Crippen molar-refractivity contribution in [2.75, 3.05) is 7.11 Å². The van der Waals surface area contributed by atoms with Gasteiger partial charge in [0.1, 0.15) is 11.2 Å². The number of fused-ring (bicyclic) bond motifs is 1. The summed E-state index contributed by atoms with van der Waals surface area (Å²) in [5.74, 6) is -0.909. The van der Waals surface area contributed by atoms with Gasteiger partial charge in [-0.1, -0.05) is 29.8 Å². The van der Waals surface area contributed by atoms with Crippen molar-refractivity contribution in [3.8, 4) is 0 Å². The normalized spacial score (nSPS) is 10.6. The van der Waals surface area contributed by atoms with E-state index in [1.54, 1.807) is 18.3 Å². The maximum absolute atomic E-state index is 12.9. The highest BCUT2D eigenvalue weighted by atomic mass is 16.5. The molecule has 0 bridgehead atoms. The molecule has 2 heterocycles. The van der Waals surface area contributed by atoms with Crippen molar-refractivity contribution in [3.05, 3.63) is 75.7 Å². The first-order chi connectivity index (χ1) is 13.5. The number of aryl methyl sites for hydroxylation is 2. The van der Waals surface area contributed by atoms with Crippen LogP contribution in [0.15, 0.2) is 53.5 Å². The monoisotopic (exact) mass is 379 g/mol. The lowest BCUT2D eigenvalue weighted by atomic mass is 10.1. The molecule has 0 saturated carbocycles. The Bertz CT molecular complexity index is 1070. The second-order valence-electron chi connectivity index (χ2n) is 6.43. The van der Waals surface area contributed by atoms with Gasteiger partial charge in [0.15, 0.2) is 0 Å². The Kier molecular flexibility index (Phi) is 5.84. The summed E-state index contributed by atoms with van der Waals surface area (Å²) in [7, 11) is 1.29. The summed E-state index contributed by atoms with van der Waals surface area (Å²) in [6, 6.07) is 12.8. The summed E-state index contributed by atoms with van der Waals surface area (Å²) in [4.78, 5) is 41.3. The first-order valence-electron chi connectivity index (χ1n) is 8.88. The number of carbonyl (C=O) groups is 2. The molecule has 0 aliphatic rings. The van der Waals surface area contributed by atoms with E-state index in [9.17, 15) is 14.4 Å². The number of methoxy groups -OCH3 is 1. The molecule has 7 heteroatoms. The average molecular weight is 379 g/mol. The van der Waals surface area contributed by atoms with Crippen LogP contribution in [-0.4, -0.2) is 28.5 Å². The van der Waals surface area contributed by atoms with Crippen LogP contribution < -0.4 is 10.9 Å². The third kappa shape index (κ3) is 4.25. The molecule has 1 aromatic carbocycles. The van der Waals surface area contributed by atoms with Gasteiger partial charge in [0.25, 0.3) is 11.5 Å². The SMILES string of the molecule is COC(=O)CCn1c(=O)c(C(=O)NCc2ccc(C)cc2)cc2cccnc21. The van der Waals surface area contributed by atoms with Crippen LogP contribution in [0, 0.1) is 6.92 Å². The molecule has 3 rings (SSSR count). The van der Waals surface area contributed by atoms with Gasteiger partial charge in [-0.2, -0.15) is 0 Å². The van der Waals surface area contributed by atoms with Gasteiger partial charge in [-0.05, 0) is 30.7 Å². The van der Waals surface area contributed by atoms with E-state index in [1.165, 1.54) is 17.7 Å². The van der Waals surface area contributed by atoms with Crippen molar-refractivity contribution < 1.29 is 14.3 Å². The maximum Gasteiger partial charge on any atom is 0.307 e. The molecule has 0 spiro atoms. The predicted molar refractivity (Wildman–Crippen MR) is 105 cm³/mol. The quantitative estimate of drug-likeness (QED) is 0.663. The minimum absolute atomic E-state index is 0.0104. The Morgan fingerprint density at radius 3 is 2.64 bits per heavy atom. The van der Waals surface area contributed by atoms with Crippen molar-refractivity contribution >= 4 is 22.9 Å². The van der Waals surface area contributed by atoms with Crippen molar-refractivity contribution in [1.82, 2.24) is 14.9 Å². The first kappa shape index (κ1) is 19.3. The topological polar surface area (TPSA) is 90.3 Å². The van der Waals surface area contributed by atoms with Crippen molar-refractivity contribution in [2.24, 2.45) is 0 Å². The van der Waals surface area contributed by atoms with E-state index >= 15 is 0 Å². The van der Waals surface area contributed by atoms with E-state index < -0.39 is 17.4 Å². The van der Waals surface area contributed by atoms with Gasteiger partial charge in [-0.25, -0.2) is 4.98 Å². The van der Waals surface area contributed by atoms with Crippen LogP contribution in [0.4, 0.5) is 0 Å². The standard InChI is InChI=1S/C21H21N3O4/c1-14-5-7-15(8-6-14)13-23-20(26)17-12-16-4-3-10-22-19(16)24(21(17)27)11-9-18(25)28-2/h3-8,10,12H,9,11,13H2,1-2H3,(H,23,26). The number of amides is 1. The number of carbonyl (C=O) groups excluding carboxylic acids is 2. The number of aromatic nitrogens is 2. The highest BCUT2D eigenvalue weighted by Crippen LogP contribution is 2.12. The highest BCUT2D eigenvalue weighted by Gasteiger charge is 2.17. The first-order valence-corrected chi connectivity index (χ1v) is 8.88. The molecular formula is C21H21N3O4. The van der Waals surface area contributed by atoms with E-state index in [4.69, 9.17) is 0 Å². The summed E-state index contributed by atoms with van der Waals surface area (Å²) < 4.78 is 5.98. The van der Waals surface area contributed by atoms with Crippen molar-refractivity contribution in [2.45, 2.75) is 26.4 Å². The third-order valence-electron chi connectivity index (χ3n) is 4.43. The van der Waals surface area contributed by atoms with Crippen molar-refractivity contribution in [3.63, 3.8) is 0 Å². The number of benzene rings is 1. The van der Waals surface area contributed by atoms with Crippen LogP contribution in [0.3, 0.4) is 0 Å². The van der Waals surface area contributed by atoms with Gasteiger partial charge >= 0.3 is 5.97 Å². The minimum atomic E-state index is -0.489. The fourth-order valence-electron chi connectivity index (χ4n) is 2.87. The molecule has 144 valence electrons. The molecule has 7 nitrogen and oxygen atoms in total. The molecule has 0 aliphatic heterocycles. The van der Waals surface area contributed by atoms with Crippen LogP contribution in [0.2, 0.25) is 0 Å². The molecule has 1 amide bonds. The number of pyridine rings is 2. The Morgan fingerprint density at radius 2 is 1.93 bits per heavy atom. The largest absolute Gasteiger partial charge is 0.469 e. The molecule has 1 N–H and O–H groups in total. The molecule has 0 radical (unpaired) electrons. The lowest BCUT2D eigenvalue weighted by Crippen LogP contribution is -2.33. The van der Waals surface area contributed by atoms with Gasteiger partial charge < -0.3 is 10.1 Å². The van der Waals surface area contributed by atoms with Crippen LogP contribution in [0.5, 0.6) is 0 Å². The molecule has 0 atom stereocenters. The number of nitrogens with zero attached hydrogens (tertiary/aromatic N) is 2. The van der Waals surface area contributed by atoms with Crippen LogP contribution >= 0.6 is 0 Å². The van der Waals surface area contributed by atoms with Crippen LogP contribution in [-0.2, 0) is 22.6 Å². The zero-order chi connectivity index (χ0) is 20.1. The zero-order valence-electron chi connectivity index (χ0n) is 15.8. The van der Waals surface area contributed by atoms with E-state index in [-0.39, 0.29) is 18.5 Å². The van der Waals surface area contributed by atoms with E-state index in [1.807, 2.05) is 31.2 Å². The van der Waals surface area contributed by atoms with E-state index in [0.29, 0.717) is 17.6 Å². The number of hydrogen-bond donors (Lipinski definition) is 1. The molecule has 3 aromatic rings. The maximum atomic E-state index is 12.9. The summed E-state index contributed by atoms with van der Waals surface area (Å²) in [5, 5.41) is 3.42. The lowest BCUT2D eigenvalue weighted by molar-refractivity contribution is -0.140. The molecule has 0 unspecified atom stereocenters. The lowest BCUT2D eigenvalue weighted by Gasteiger charge is -2.12. The van der Waals surface area contributed by atoms with Gasteiger partial charge in [0, 0.05) is 24.7 Å². The van der Waals surface area contributed by atoms with Crippen LogP contribution in [0.1, 0.15) is 27.9 Å². The molecule has 0 aliphatic carbocycles. The molecule has 28 heavy (non-hydrogen) atoms. The Hall–Kier alpha value is -3.48. The molecule has 2 aromatic heterocycles. The molecule has 0 fully saturated rings. The van der Waals surface area contributed by atoms with Crippen LogP contribution in [0.25, 0.3) is 11.0 Å². The highest BCUT2D eigenvalue weighted by molar-refractivity contribution is 5.96. The number of rotatable bonds is 6. The smallest absolute Gasteiger partial charge is 0.307 e. The Morgan fingerprint density at radius 1 is 1.18 bits per heavy atom. The summed E-state index contributed by atoms with van der Waals surface area (Å²) in [5.41, 5.74) is 2.01. The third-order valence-corrected chi connectivity index (χ3v) is 4.43. The minimum Gasteiger partial charge on any atom is -0.469 e. The number of ether oxygens (including phenoxy) is 1. The number of hydrogen-bond acceptors (Lipinski definition) is 5. The van der Waals surface area contributed by atoms with Gasteiger partial charge in [0.2, 0.25) is 0 Å². The Labute approximate surface area is 162 Å². The predicted octanol–water partition coefficient (Wildman–Crippen LogP) is 2.20. The molecule has 0 saturated heterocycles. The van der Waals surface area contributed by atoms with E-state index in [0.717, 1.165) is 11.1 Å². The zero-order valence-corrected chi connectivity index (χ0v) is 15.8. The van der Waals surface area contributed by atoms with Gasteiger partial charge in [-0.15, -0.1) is 0 Å². The van der Waals surface area contributed by atoms with Gasteiger partial charge in [-0.3, -0.25) is 19.0 Å². The average Bonchev–Trinajstić information content (AvgIpc) is 2.71. The molecular weight excluding hydrogens is 358 g/mol. The number of nitrogens with one attached hydrogen (secondary N) is 1.